The maximum absolute atomic E-state index is 12.8. The first-order valence-corrected chi connectivity index (χ1v) is 5.47. The summed E-state index contributed by atoms with van der Waals surface area (Å²) in [4.78, 5) is 12.4. The lowest BCUT2D eigenvalue weighted by molar-refractivity contribution is 0.201. The fraction of sp³-hybridized carbons (Fsp3) is 0.0714. The first-order valence-electron chi connectivity index (χ1n) is 5.47. The minimum atomic E-state index is -1.06. The van der Waals surface area contributed by atoms with Gasteiger partial charge in [0, 0.05) is 5.69 Å². The van der Waals surface area contributed by atoms with Gasteiger partial charge < -0.3 is 5.11 Å². The van der Waals surface area contributed by atoms with Crippen molar-refractivity contribution in [3.8, 4) is 0 Å². The molecule has 0 fully saturated rings. The number of benzene rings is 2. The molecule has 3 nitrogen and oxygen atoms in total. The molecule has 2 aromatic carbocycles. The molecule has 0 atom stereocenters. The molecule has 0 spiro atoms. The molecule has 0 bridgehead atoms. The van der Waals surface area contributed by atoms with Gasteiger partial charge in [-0.05, 0) is 29.8 Å². The molecule has 2 rings (SSSR count). The molecule has 0 radical (unpaired) electrons. The van der Waals surface area contributed by atoms with Gasteiger partial charge in [-0.25, -0.2) is 9.18 Å². The van der Waals surface area contributed by atoms with Gasteiger partial charge in [-0.2, -0.15) is 0 Å². The number of rotatable bonds is 3. The van der Waals surface area contributed by atoms with Crippen LogP contribution in [0, 0.1) is 5.82 Å². The number of anilines is 1. The minimum absolute atomic E-state index is 0.238. The molecule has 0 aliphatic carbocycles. The summed E-state index contributed by atoms with van der Waals surface area (Å²) in [5.74, 6) is -0.385. The predicted molar refractivity (Wildman–Crippen MR) is 67.0 cm³/mol. The van der Waals surface area contributed by atoms with Crippen LogP contribution >= 0.6 is 0 Å². The van der Waals surface area contributed by atoms with E-state index < -0.39 is 6.09 Å². The first kappa shape index (κ1) is 12.1. The molecule has 1 N–H and O–H groups in total. The Morgan fingerprint density at radius 1 is 1.06 bits per heavy atom. The highest BCUT2D eigenvalue weighted by Crippen LogP contribution is 2.18. The van der Waals surface area contributed by atoms with Gasteiger partial charge in [-0.1, -0.05) is 30.3 Å². The van der Waals surface area contributed by atoms with E-state index in [9.17, 15) is 14.3 Å². The van der Waals surface area contributed by atoms with E-state index >= 15 is 0 Å². The molecule has 0 saturated heterocycles. The highest BCUT2D eigenvalue weighted by atomic mass is 19.1. The third-order valence-electron chi connectivity index (χ3n) is 2.55. The predicted octanol–water partition coefficient (Wildman–Crippen LogP) is 3.51. The molecule has 0 saturated carbocycles. The number of carboxylic acid groups (broad SMARTS) is 1. The van der Waals surface area contributed by atoms with Crippen LogP contribution < -0.4 is 4.90 Å². The van der Waals surface area contributed by atoms with Crippen molar-refractivity contribution in [3.63, 3.8) is 0 Å². The van der Waals surface area contributed by atoms with Crippen molar-refractivity contribution in [2.45, 2.75) is 6.54 Å². The standard InChI is InChI=1S/C14H12FNO2/c15-12-6-8-13(9-7-12)16(14(17)18)10-11-4-2-1-3-5-11/h1-9H,10H2,(H,17,18). The largest absolute Gasteiger partial charge is 0.465 e. The lowest BCUT2D eigenvalue weighted by Crippen LogP contribution is -2.28. The van der Waals surface area contributed by atoms with Gasteiger partial charge in [-0.3, -0.25) is 4.90 Å². The van der Waals surface area contributed by atoms with Crippen LogP contribution in [0.25, 0.3) is 0 Å². The molecule has 0 heterocycles. The van der Waals surface area contributed by atoms with Crippen molar-refractivity contribution in [1.82, 2.24) is 0 Å². The van der Waals surface area contributed by atoms with Crippen LogP contribution in [-0.2, 0) is 6.54 Å². The molecule has 18 heavy (non-hydrogen) atoms. The average molecular weight is 245 g/mol. The Morgan fingerprint density at radius 3 is 2.22 bits per heavy atom. The zero-order valence-electron chi connectivity index (χ0n) is 9.58. The van der Waals surface area contributed by atoms with Gasteiger partial charge in [0.15, 0.2) is 0 Å². The average Bonchev–Trinajstić information content (AvgIpc) is 2.38. The summed E-state index contributed by atoms with van der Waals surface area (Å²) >= 11 is 0. The van der Waals surface area contributed by atoms with E-state index in [1.54, 1.807) is 0 Å². The summed E-state index contributed by atoms with van der Waals surface area (Å²) in [5.41, 5.74) is 1.33. The van der Waals surface area contributed by atoms with Crippen molar-refractivity contribution in [3.05, 3.63) is 66.0 Å². The van der Waals surface area contributed by atoms with E-state index in [0.717, 1.165) is 5.56 Å². The Labute approximate surface area is 104 Å². The summed E-state index contributed by atoms with van der Waals surface area (Å²) in [5, 5.41) is 9.19. The summed E-state index contributed by atoms with van der Waals surface area (Å²) in [6, 6.07) is 14.6. The molecule has 92 valence electrons. The lowest BCUT2D eigenvalue weighted by Gasteiger charge is -2.19. The van der Waals surface area contributed by atoms with E-state index in [4.69, 9.17) is 0 Å². The maximum Gasteiger partial charge on any atom is 0.412 e. The summed E-state index contributed by atoms with van der Waals surface area (Å²) in [6.07, 6.45) is -1.06. The topological polar surface area (TPSA) is 40.5 Å². The third-order valence-corrected chi connectivity index (χ3v) is 2.55. The van der Waals surface area contributed by atoms with Crippen LogP contribution in [0.5, 0.6) is 0 Å². The summed E-state index contributed by atoms with van der Waals surface area (Å²) in [7, 11) is 0. The molecule has 4 heteroatoms. The van der Waals surface area contributed by atoms with Crippen molar-refractivity contribution in [1.29, 1.82) is 0 Å². The van der Waals surface area contributed by atoms with Crippen LogP contribution in [0.3, 0.4) is 0 Å². The number of halogens is 1. The fourth-order valence-electron chi connectivity index (χ4n) is 1.66. The number of nitrogens with zero attached hydrogens (tertiary/aromatic N) is 1. The molecule has 0 aromatic heterocycles. The van der Waals surface area contributed by atoms with Crippen LogP contribution in [0.1, 0.15) is 5.56 Å². The summed E-state index contributed by atoms with van der Waals surface area (Å²) in [6.45, 7) is 0.238. The SMILES string of the molecule is O=C(O)N(Cc1ccccc1)c1ccc(F)cc1. The van der Waals surface area contributed by atoms with Gasteiger partial charge in [0.2, 0.25) is 0 Å². The van der Waals surface area contributed by atoms with E-state index in [1.165, 1.54) is 29.2 Å². The smallest absolute Gasteiger partial charge is 0.412 e. The Balaban J connectivity index is 2.24. The number of carbonyl (C=O) groups is 1. The Hall–Kier alpha value is -2.36. The number of amides is 1. The van der Waals surface area contributed by atoms with Gasteiger partial charge >= 0.3 is 6.09 Å². The van der Waals surface area contributed by atoms with Gasteiger partial charge in [0.05, 0.1) is 6.54 Å². The first-order chi connectivity index (χ1) is 8.66. The van der Waals surface area contributed by atoms with Crippen LogP contribution in [-0.4, -0.2) is 11.2 Å². The number of hydrogen-bond donors (Lipinski definition) is 1. The maximum atomic E-state index is 12.8. The highest BCUT2D eigenvalue weighted by Gasteiger charge is 2.14. The highest BCUT2D eigenvalue weighted by molar-refractivity contribution is 5.85. The second kappa shape index (κ2) is 5.31. The normalized spacial score (nSPS) is 10.1. The Bertz CT molecular complexity index is 525. The van der Waals surface area contributed by atoms with Crippen molar-refractivity contribution < 1.29 is 14.3 Å². The van der Waals surface area contributed by atoms with Gasteiger partial charge in [0.25, 0.3) is 0 Å². The molecule has 0 aliphatic rings. The summed E-state index contributed by atoms with van der Waals surface area (Å²) < 4.78 is 12.8. The van der Waals surface area contributed by atoms with E-state index in [0.29, 0.717) is 5.69 Å². The molecule has 0 unspecified atom stereocenters. The van der Waals surface area contributed by atoms with Crippen molar-refractivity contribution in [2.75, 3.05) is 4.90 Å². The van der Waals surface area contributed by atoms with Crippen molar-refractivity contribution >= 4 is 11.8 Å². The second-order valence-electron chi connectivity index (χ2n) is 3.83. The fourth-order valence-corrected chi connectivity index (χ4v) is 1.66. The molecular weight excluding hydrogens is 233 g/mol. The lowest BCUT2D eigenvalue weighted by atomic mass is 10.2. The molecule has 0 aliphatic heterocycles. The molecular formula is C14H12FNO2. The third kappa shape index (κ3) is 2.85. The van der Waals surface area contributed by atoms with Gasteiger partial charge in [0.1, 0.15) is 5.82 Å². The number of hydrogen-bond acceptors (Lipinski definition) is 1. The van der Waals surface area contributed by atoms with Crippen molar-refractivity contribution in [2.24, 2.45) is 0 Å². The van der Waals surface area contributed by atoms with E-state index in [2.05, 4.69) is 0 Å². The van der Waals surface area contributed by atoms with Crippen LogP contribution in [0.4, 0.5) is 14.9 Å². The monoisotopic (exact) mass is 245 g/mol. The zero-order chi connectivity index (χ0) is 13.0. The Morgan fingerprint density at radius 2 is 1.67 bits per heavy atom. The van der Waals surface area contributed by atoms with Gasteiger partial charge in [-0.15, -0.1) is 0 Å². The second-order valence-corrected chi connectivity index (χ2v) is 3.83. The minimum Gasteiger partial charge on any atom is -0.465 e. The molecule has 1 amide bonds. The molecule has 2 aromatic rings. The van der Waals surface area contributed by atoms with Crippen LogP contribution in [0.15, 0.2) is 54.6 Å². The zero-order valence-corrected chi connectivity index (χ0v) is 9.58. The van der Waals surface area contributed by atoms with Crippen LogP contribution in [0.2, 0.25) is 0 Å². The quantitative estimate of drug-likeness (QED) is 0.898. The van der Waals surface area contributed by atoms with E-state index in [-0.39, 0.29) is 12.4 Å². The van der Waals surface area contributed by atoms with E-state index in [1.807, 2.05) is 30.3 Å². The Kier molecular flexibility index (Phi) is 3.57.